The van der Waals surface area contributed by atoms with E-state index in [1.54, 1.807) is 6.07 Å². The quantitative estimate of drug-likeness (QED) is 0.828. The summed E-state index contributed by atoms with van der Waals surface area (Å²) in [7, 11) is 0. The molecule has 1 aliphatic carbocycles. The average Bonchev–Trinajstić information content (AvgIpc) is 3.20. The molecule has 3 rings (SSSR count). The zero-order chi connectivity index (χ0) is 14.7. The second-order valence-electron chi connectivity index (χ2n) is 4.89. The second-order valence-corrected chi connectivity index (χ2v) is 6.22. The molecular weight excluding hydrogens is 310 g/mol. The fourth-order valence-electron chi connectivity index (χ4n) is 1.77. The molecule has 0 atom stereocenters. The summed E-state index contributed by atoms with van der Waals surface area (Å²) >= 11 is 7.30. The smallest absolute Gasteiger partial charge is 0.277 e. The lowest BCUT2D eigenvalue weighted by Gasteiger charge is -2.01. The van der Waals surface area contributed by atoms with Crippen LogP contribution in [0.5, 0.6) is 0 Å². The molecule has 0 bridgehead atoms. The van der Waals surface area contributed by atoms with Crippen LogP contribution in [0.2, 0.25) is 5.02 Å². The summed E-state index contributed by atoms with van der Waals surface area (Å²) in [6, 6.07) is 7.26. The Balaban J connectivity index is 1.55. The standard InChI is InChI=1S/C14H14ClN3O2S/c15-11-4-2-1-3-10(11)13-17-18-14(20-13)21-8-12(19)16-7-9-5-6-9/h1-4,9H,5-8H2,(H,16,19). The summed E-state index contributed by atoms with van der Waals surface area (Å²) in [5.74, 6) is 1.30. The first kappa shape index (κ1) is 14.4. The number of carbonyl (C=O) groups excluding carboxylic acids is 1. The minimum Gasteiger partial charge on any atom is -0.411 e. The van der Waals surface area contributed by atoms with E-state index in [2.05, 4.69) is 15.5 Å². The number of aromatic nitrogens is 2. The van der Waals surface area contributed by atoms with E-state index in [-0.39, 0.29) is 11.7 Å². The molecule has 1 amide bonds. The van der Waals surface area contributed by atoms with Crippen LogP contribution in [0.15, 0.2) is 33.9 Å². The van der Waals surface area contributed by atoms with Crippen LogP contribution in [0.4, 0.5) is 0 Å². The van der Waals surface area contributed by atoms with E-state index < -0.39 is 0 Å². The van der Waals surface area contributed by atoms with Gasteiger partial charge in [0, 0.05) is 6.54 Å². The molecule has 1 N–H and O–H groups in total. The van der Waals surface area contributed by atoms with E-state index in [9.17, 15) is 4.79 Å². The molecule has 0 aliphatic heterocycles. The first-order valence-corrected chi connectivity index (χ1v) is 8.06. The third-order valence-corrected chi connectivity index (χ3v) is 4.27. The van der Waals surface area contributed by atoms with Crippen LogP contribution in [-0.2, 0) is 4.79 Å². The minimum absolute atomic E-state index is 0.00982. The lowest BCUT2D eigenvalue weighted by Crippen LogP contribution is -2.27. The Morgan fingerprint density at radius 1 is 1.38 bits per heavy atom. The number of amides is 1. The SMILES string of the molecule is O=C(CSc1nnc(-c2ccccc2Cl)o1)NCC1CC1. The summed E-state index contributed by atoms with van der Waals surface area (Å²) in [5, 5.41) is 11.7. The van der Waals surface area contributed by atoms with E-state index in [0.29, 0.717) is 27.6 Å². The molecule has 0 spiro atoms. The van der Waals surface area contributed by atoms with Crippen LogP contribution >= 0.6 is 23.4 Å². The van der Waals surface area contributed by atoms with E-state index in [1.807, 2.05) is 18.2 Å². The van der Waals surface area contributed by atoms with E-state index in [1.165, 1.54) is 24.6 Å². The predicted molar refractivity (Wildman–Crippen MR) is 81.2 cm³/mol. The largest absolute Gasteiger partial charge is 0.411 e. The third kappa shape index (κ3) is 3.98. The maximum absolute atomic E-state index is 11.6. The van der Waals surface area contributed by atoms with Crippen molar-refractivity contribution in [3.05, 3.63) is 29.3 Å². The van der Waals surface area contributed by atoms with Crippen molar-refractivity contribution in [3.63, 3.8) is 0 Å². The van der Waals surface area contributed by atoms with Gasteiger partial charge in [-0.2, -0.15) is 0 Å². The Labute approximate surface area is 131 Å². The number of nitrogens with one attached hydrogen (secondary N) is 1. The molecule has 1 aliphatic rings. The van der Waals surface area contributed by atoms with Gasteiger partial charge in [0.1, 0.15) is 0 Å². The molecule has 1 aromatic carbocycles. The van der Waals surface area contributed by atoms with Crippen molar-refractivity contribution in [1.29, 1.82) is 0 Å². The Hall–Kier alpha value is -1.53. The molecular formula is C14H14ClN3O2S. The molecule has 0 radical (unpaired) electrons. The van der Waals surface area contributed by atoms with Gasteiger partial charge in [-0.1, -0.05) is 35.5 Å². The lowest BCUT2D eigenvalue weighted by molar-refractivity contribution is -0.118. The zero-order valence-electron chi connectivity index (χ0n) is 11.2. The Kier molecular flexibility index (Phi) is 4.45. The summed E-state index contributed by atoms with van der Waals surface area (Å²) in [5.41, 5.74) is 0.691. The Bertz CT molecular complexity index is 643. The number of rotatable bonds is 6. The van der Waals surface area contributed by atoms with Crippen LogP contribution < -0.4 is 5.32 Å². The third-order valence-electron chi connectivity index (χ3n) is 3.12. The number of thioether (sulfide) groups is 1. The van der Waals surface area contributed by atoms with Gasteiger partial charge in [-0.15, -0.1) is 10.2 Å². The molecule has 7 heteroatoms. The van der Waals surface area contributed by atoms with Gasteiger partial charge in [0.25, 0.3) is 5.22 Å². The van der Waals surface area contributed by atoms with Gasteiger partial charge < -0.3 is 9.73 Å². The fraction of sp³-hybridized carbons (Fsp3) is 0.357. The highest BCUT2D eigenvalue weighted by atomic mass is 35.5. The lowest BCUT2D eigenvalue weighted by atomic mass is 10.2. The number of benzene rings is 1. The fourth-order valence-corrected chi connectivity index (χ4v) is 2.58. The summed E-state index contributed by atoms with van der Waals surface area (Å²) < 4.78 is 5.52. The van der Waals surface area contributed by atoms with Gasteiger partial charge in [-0.3, -0.25) is 4.79 Å². The highest BCUT2D eigenvalue weighted by Crippen LogP contribution is 2.29. The first-order chi connectivity index (χ1) is 10.2. The van der Waals surface area contributed by atoms with E-state index in [4.69, 9.17) is 16.0 Å². The average molecular weight is 324 g/mol. The van der Waals surface area contributed by atoms with Crippen molar-refractivity contribution in [2.24, 2.45) is 5.92 Å². The van der Waals surface area contributed by atoms with Gasteiger partial charge in [-0.05, 0) is 30.9 Å². The van der Waals surface area contributed by atoms with Crippen molar-refractivity contribution in [1.82, 2.24) is 15.5 Å². The Morgan fingerprint density at radius 2 is 2.19 bits per heavy atom. The van der Waals surface area contributed by atoms with Crippen LogP contribution in [0.3, 0.4) is 0 Å². The van der Waals surface area contributed by atoms with Crippen molar-refractivity contribution >= 4 is 29.3 Å². The van der Waals surface area contributed by atoms with Crippen LogP contribution in [0.25, 0.3) is 11.5 Å². The number of carbonyl (C=O) groups is 1. The highest BCUT2D eigenvalue weighted by molar-refractivity contribution is 7.99. The van der Waals surface area contributed by atoms with Crippen LogP contribution in [0.1, 0.15) is 12.8 Å². The molecule has 1 saturated carbocycles. The normalized spacial score (nSPS) is 14.1. The van der Waals surface area contributed by atoms with Crippen molar-refractivity contribution in [2.45, 2.75) is 18.1 Å². The molecule has 2 aromatic rings. The zero-order valence-corrected chi connectivity index (χ0v) is 12.8. The number of halogens is 1. The monoisotopic (exact) mass is 323 g/mol. The van der Waals surface area contributed by atoms with Gasteiger partial charge >= 0.3 is 0 Å². The molecule has 1 heterocycles. The molecule has 5 nitrogen and oxygen atoms in total. The van der Waals surface area contributed by atoms with Crippen molar-refractivity contribution in [3.8, 4) is 11.5 Å². The highest BCUT2D eigenvalue weighted by Gasteiger charge is 2.21. The van der Waals surface area contributed by atoms with Crippen LogP contribution in [0, 0.1) is 5.92 Å². The summed E-state index contributed by atoms with van der Waals surface area (Å²) in [4.78, 5) is 11.6. The topological polar surface area (TPSA) is 68.0 Å². The van der Waals surface area contributed by atoms with Gasteiger partial charge in [0.05, 0.1) is 16.3 Å². The number of hydrogen-bond donors (Lipinski definition) is 1. The van der Waals surface area contributed by atoms with Gasteiger partial charge in [0.2, 0.25) is 11.8 Å². The predicted octanol–water partition coefficient (Wildman–Crippen LogP) is 3.01. The number of nitrogens with zero attached hydrogens (tertiary/aromatic N) is 2. The van der Waals surface area contributed by atoms with E-state index >= 15 is 0 Å². The van der Waals surface area contributed by atoms with Crippen molar-refractivity contribution < 1.29 is 9.21 Å². The molecule has 1 fully saturated rings. The molecule has 21 heavy (non-hydrogen) atoms. The minimum atomic E-state index is -0.00982. The second kappa shape index (κ2) is 6.49. The number of hydrogen-bond acceptors (Lipinski definition) is 5. The van der Waals surface area contributed by atoms with Crippen molar-refractivity contribution in [2.75, 3.05) is 12.3 Å². The molecule has 0 saturated heterocycles. The molecule has 0 unspecified atom stereocenters. The molecule has 110 valence electrons. The summed E-state index contributed by atoms with van der Waals surface area (Å²) in [6.45, 7) is 0.772. The maximum Gasteiger partial charge on any atom is 0.277 e. The van der Waals surface area contributed by atoms with Crippen LogP contribution in [-0.4, -0.2) is 28.4 Å². The summed E-state index contributed by atoms with van der Waals surface area (Å²) in [6.07, 6.45) is 2.44. The van der Waals surface area contributed by atoms with Gasteiger partial charge in [0.15, 0.2) is 0 Å². The van der Waals surface area contributed by atoms with Gasteiger partial charge in [-0.25, -0.2) is 0 Å². The first-order valence-electron chi connectivity index (χ1n) is 6.70. The molecule has 1 aromatic heterocycles. The maximum atomic E-state index is 11.6. The Morgan fingerprint density at radius 3 is 2.95 bits per heavy atom. The van der Waals surface area contributed by atoms with E-state index in [0.717, 1.165) is 6.54 Å².